The summed E-state index contributed by atoms with van der Waals surface area (Å²) in [4.78, 5) is 7.72. The lowest BCUT2D eigenvalue weighted by atomic mass is 10.3. The molecule has 0 fully saturated rings. The highest BCUT2D eigenvalue weighted by Crippen LogP contribution is 2.11. The van der Waals surface area contributed by atoms with E-state index in [1.165, 1.54) is 13.1 Å². The Morgan fingerprint density at radius 3 is 2.60 bits per heavy atom. The topological polar surface area (TPSA) is 25.8 Å². The van der Waals surface area contributed by atoms with Crippen LogP contribution in [0, 0.1) is 3.70 Å². The molecule has 0 aliphatic rings. The van der Waals surface area contributed by atoms with Crippen molar-refractivity contribution in [2.45, 2.75) is 13.1 Å². The van der Waals surface area contributed by atoms with E-state index in [0.29, 0.717) is 5.69 Å². The molecule has 0 spiro atoms. The third-order valence-corrected chi connectivity index (χ3v) is 1.60. The van der Waals surface area contributed by atoms with E-state index in [1.54, 1.807) is 6.20 Å². The normalized spacial score (nSPS) is 13.1. The first-order valence-electron chi connectivity index (χ1n) is 2.81. The molecule has 0 aromatic carbocycles. The van der Waals surface area contributed by atoms with Gasteiger partial charge in [-0.1, -0.05) is 0 Å². The molecular weight excluding hydrogens is 246 g/mol. The van der Waals surface area contributed by atoms with Gasteiger partial charge in [-0.2, -0.15) is 0 Å². The van der Waals surface area contributed by atoms with E-state index in [2.05, 4.69) is 9.97 Å². The Balaban J connectivity index is 2.89. The minimum absolute atomic E-state index is 0.389. The number of halogens is 2. The molecule has 0 saturated carbocycles. The second-order valence-electron chi connectivity index (χ2n) is 1.88. The minimum atomic E-state index is -1.02. The SMILES string of the molecule is CC(F)c1cnc(I)cn1. The van der Waals surface area contributed by atoms with Gasteiger partial charge >= 0.3 is 0 Å². The van der Waals surface area contributed by atoms with Crippen molar-refractivity contribution >= 4 is 22.6 Å². The second-order valence-corrected chi connectivity index (χ2v) is 2.99. The Hall–Kier alpha value is -0.260. The summed E-state index contributed by atoms with van der Waals surface area (Å²) in [6.07, 6.45) is 1.97. The Labute approximate surface area is 72.0 Å². The molecule has 4 heteroatoms. The molecule has 1 heterocycles. The summed E-state index contributed by atoms with van der Waals surface area (Å²) in [5.74, 6) is 0. The predicted octanol–water partition coefficient (Wildman–Crippen LogP) is 2.11. The largest absolute Gasteiger partial charge is 0.254 e. The Morgan fingerprint density at radius 1 is 1.50 bits per heavy atom. The van der Waals surface area contributed by atoms with E-state index in [-0.39, 0.29) is 0 Å². The highest BCUT2D eigenvalue weighted by Gasteiger charge is 2.02. The molecule has 2 nitrogen and oxygen atoms in total. The molecule has 54 valence electrons. The molecule has 0 aliphatic carbocycles. The van der Waals surface area contributed by atoms with Gasteiger partial charge in [-0.3, -0.25) is 4.98 Å². The summed E-state index contributed by atoms with van der Waals surface area (Å²) in [7, 11) is 0. The highest BCUT2D eigenvalue weighted by atomic mass is 127. The number of aromatic nitrogens is 2. The highest BCUT2D eigenvalue weighted by molar-refractivity contribution is 14.1. The quantitative estimate of drug-likeness (QED) is 0.715. The summed E-state index contributed by atoms with van der Waals surface area (Å²) in [5.41, 5.74) is 0.389. The van der Waals surface area contributed by atoms with Gasteiger partial charge in [-0.25, -0.2) is 9.37 Å². The summed E-state index contributed by atoms with van der Waals surface area (Å²) >= 11 is 2.02. The molecule has 0 amide bonds. The van der Waals surface area contributed by atoms with Crippen molar-refractivity contribution in [3.8, 4) is 0 Å². The maximum atomic E-state index is 12.5. The van der Waals surface area contributed by atoms with Gasteiger partial charge < -0.3 is 0 Å². The smallest absolute Gasteiger partial charge is 0.141 e. The van der Waals surface area contributed by atoms with Crippen molar-refractivity contribution < 1.29 is 4.39 Å². The summed E-state index contributed by atoms with van der Waals surface area (Å²) in [5, 5.41) is 0. The lowest BCUT2D eigenvalue weighted by molar-refractivity contribution is 0.364. The molecule has 0 bridgehead atoms. The van der Waals surface area contributed by atoms with E-state index in [4.69, 9.17) is 0 Å². The summed E-state index contributed by atoms with van der Waals surface area (Å²) < 4.78 is 13.2. The van der Waals surface area contributed by atoms with Crippen molar-refractivity contribution in [2.75, 3.05) is 0 Å². The van der Waals surface area contributed by atoms with Crippen molar-refractivity contribution in [1.82, 2.24) is 9.97 Å². The van der Waals surface area contributed by atoms with Crippen LogP contribution in [0.25, 0.3) is 0 Å². The van der Waals surface area contributed by atoms with Crippen LogP contribution >= 0.6 is 22.6 Å². The Morgan fingerprint density at radius 2 is 2.20 bits per heavy atom. The number of nitrogens with zero attached hydrogens (tertiary/aromatic N) is 2. The van der Waals surface area contributed by atoms with Crippen LogP contribution in [0.4, 0.5) is 4.39 Å². The fourth-order valence-electron chi connectivity index (χ4n) is 0.528. The molecule has 10 heavy (non-hydrogen) atoms. The predicted molar refractivity (Wildman–Crippen MR) is 44.3 cm³/mol. The molecular formula is C6H6FIN2. The average Bonchev–Trinajstić information content (AvgIpc) is 1.88. The summed E-state index contributed by atoms with van der Waals surface area (Å²) in [6, 6.07) is 0. The van der Waals surface area contributed by atoms with Gasteiger partial charge in [0.25, 0.3) is 0 Å². The van der Waals surface area contributed by atoms with Gasteiger partial charge in [-0.05, 0) is 29.5 Å². The zero-order chi connectivity index (χ0) is 7.56. The van der Waals surface area contributed by atoms with Crippen LogP contribution in [-0.4, -0.2) is 9.97 Å². The maximum Gasteiger partial charge on any atom is 0.141 e. The van der Waals surface area contributed by atoms with Crippen molar-refractivity contribution in [1.29, 1.82) is 0 Å². The zero-order valence-electron chi connectivity index (χ0n) is 5.38. The average molecular weight is 252 g/mol. The van der Waals surface area contributed by atoms with Crippen LogP contribution in [0.5, 0.6) is 0 Å². The van der Waals surface area contributed by atoms with Gasteiger partial charge in [0.05, 0.1) is 18.1 Å². The van der Waals surface area contributed by atoms with Crippen molar-refractivity contribution in [3.05, 3.63) is 21.8 Å². The third kappa shape index (κ3) is 1.86. The van der Waals surface area contributed by atoms with Crippen LogP contribution in [-0.2, 0) is 0 Å². The van der Waals surface area contributed by atoms with Crippen molar-refractivity contribution in [2.24, 2.45) is 0 Å². The number of rotatable bonds is 1. The van der Waals surface area contributed by atoms with Gasteiger partial charge in [-0.15, -0.1) is 0 Å². The lowest BCUT2D eigenvalue weighted by Crippen LogP contribution is -1.92. The van der Waals surface area contributed by atoms with Crippen LogP contribution in [0.3, 0.4) is 0 Å². The molecule has 0 N–H and O–H groups in total. The lowest BCUT2D eigenvalue weighted by Gasteiger charge is -1.97. The molecule has 1 atom stereocenters. The molecule has 0 aliphatic heterocycles. The van der Waals surface area contributed by atoms with Crippen molar-refractivity contribution in [3.63, 3.8) is 0 Å². The molecule has 1 unspecified atom stereocenters. The number of hydrogen-bond donors (Lipinski definition) is 0. The molecule has 0 radical (unpaired) electrons. The summed E-state index contributed by atoms with van der Waals surface area (Å²) in [6.45, 7) is 1.44. The number of alkyl halides is 1. The van der Waals surface area contributed by atoms with Gasteiger partial charge in [0.15, 0.2) is 0 Å². The van der Waals surface area contributed by atoms with Crippen LogP contribution in [0.15, 0.2) is 12.4 Å². The molecule has 1 aromatic heterocycles. The van der Waals surface area contributed by atoms with E-state index in [1.807, 2.05) is 22.6 Å². The van der Waals surface area contributed by atoms with E-state index in [9.17, 15) is 4.39 Å². The standard InChI is InChI=1S/C6H6FIN2/c1-4(7)5-2-10-6(8)3-9-5/h2-4H,1H3. The first-order valence-corrected chi connectivity index (χ1v) is 3.89. The van der Waals surface area contributed by atoms with E-state index < -0.39 is 6.17 Å². The molecule has 1 rings (SSSR count). The third-order valence-electron chi connectivity index (χ3n) is 1.05. The van der Waals surface area contributed by atoms with Crippen LogP contribution in [0.1, 0.15) is 18.8 Å². The minimum Gasteiger partial charge on any atom is -0.254 e. The fourth-order valence-corrected chi connectivity index (χ4v) is 0.806. The van der Waals surface area contributed by atoms with Crippen LogP contribution < -0.4 is 0 Å². The first kappa shape index (κ1) is 7.84. The monoisotopic (exact) mass is 252 g/mol. The Bertz CT molecular complexity index is 209. The first-order chi connectivity index (χ1) is 4.70. The zero-order valence-corrected chi connectivity index (χ0v) is 7.54. The second kappa shape index (κ2) is 3.23. The number of hydrogen-bond acceptors (Lipinski definition) is 2. The maximum absolute atomic E-state index is 12.5. The van der Waals surface area contributed by atoms with E-state index >= 15 is 0 Å². The van der Waals surface area contributed by atoms with Crippen LogP contribution in [0.2, 0.25) is 0 Å². The van der Waals surface area contributed by atoms with Gasteiger partial charge in [0, 0.05) is 0 Å². The fraction of sp³-hybridized carbons (Fsp3) is 0.333. The van der Waals surface area contributed by atoms with Gasteiger partial charge in [0.2, 0.25) is 0 Å². The molecule has 1 aromatic rings. The van der Waals surface area contributed by atoms with Gasteiger partial charge in [0.1, 0.15) is 9.87 Å². The molecule has 0 saturated heterocycles. The Kier molecular flexibility index (Phi) is 2.53. The van der Waals surface area contributed by atoms with E-state index in [0.717, 1.165) is 3.70 Å².